The molecule has 92 valence electrons. The number of aryl methyl sites for hydroxylation is 1. The van der Waals surface area contributed by atoms with Crippen molar-refractivity contribution in [3.63, 3.8) is 0 Å². The summed E-state index contributed by atoms with van der Waals surface area (Å²) in [5, 5.41) is 8.24. The minimum absolute atomic E-state index is 0.00469. The van der Waals surface area contributed by atoms with Crippen molar-refractivity contribution in [3.05, 3.63) is 23.8 Å². The van der Waals surface area contributed by atoms with Crippen molar-refractivity contribution in [2.24, 2.45) is 7.05 Å². The Balaban J connectivity index is 1.98. The zero-order valence-corrected chi connectivity index (χ0v) is 11.4. The molecule has 0 spiro atoms. The van der Waals surface area contributed by atoms with Crippen LogP contribution < -0.4 is 5.32 Å². The summed E-state index contributed by atoms with van der Waals surface area (Å²) in [4.78, 5) is 4.47. The molecule has 17 heavy (non-hydrogen) atoms. The van der Waals surface area contributed by atoms with Crippen molar-refractivity contribution in [1.29, 1.82) is 0 Å². The summed E-state index contributed by atoms with van der Waals surface area (Å²) >= 11 is 1.40. The van der Waals surface area contributed by atoms with E-state index in [0.29, 0.717) is 0 Å². The second kappa shape index (κ2) is 4.44. The molecule has 0 saturated carbocycles. The standard InChI is InChI=1S/C11H17N5S/c1-11(2,3)9-14-10(17-15-9)12-5-8-6-13-16(4)7-8/h6-7H,5H2,1-4H3,(H,12,14,15). The van der Waals surface area contributed by atoms with Crippen molar-refractivity contribution < 1.29 is 0 Å². The predicted octanol–water partition coefficient (Wildman–Crippen LogP) is 2.18. The van der Waals surface area contributed by atoms with E-state index in [1.807, 2.05) is 19.4 Å². The van der Waals surface area contributed by atoms with Crippen LogP contribution in [0.3, 0.4) is 0 Å². The first-order valence-electron chi connectivity index (χ1n) is 5.51. The summed E-state index contributed by atoms with van der Waals surface area (Å²) < 4.78 is 6.14. The number of rotatable bonds is 3. The molecule has 0 saturated heterocycles. The predicted molar refractivity (Wildman–Crippen MR) is 69.1 cm³/mol. The van der Waals surface area contributed by atoms with Crippen LogP contribution in [0.1, 0.15) is 32.2 Å². The maximum atomic E-state index is 4.47. The second-order valence-corrected chi connectivity index (χ2v) is 5.80. The molecule has 5 nitrogen and oxygen atoms in total. The van der Waals surface area contributed by atoms with Crippen LogP contribution in [0.2, 0.25) is 0 Å². The second-order valence-electron chi connectivity index (χ2n) is 5.05. The lowest BCUT2D eigenvalue weighted by atomic mass is 9.96. The average Bonchev–Trinajstić information content (AvgIpc) is 2.82. The van der Waals surface area contributed by atoms with Gasteiger partial charge in [0.1, 0.15) is 5.82 Å². The van der Waals surface area contributed by atoms with Gasteiger partial charge in [-0.1, -0.05) is 20.8 Å². The lowest BCUT2D eigenvalue weighted by molar-refractivity contribution is 0.555. The SMILES string of the molecule is Cn1cc(CNc2nc(C(C)(C)C)ns2)cn1. The zero-order valence-electron chi connectivity index (χ0n) is 10.6. The maximum Gasteiger partial charge on any atom is 0.202 e. The molecule has 0 atom stereocenters. The average molecular weight is 251 g/mol. The first-order valence-corrected chi connectivity index (χ1v) is 6.28. The molecule has 0 radical (unpaired) electrons. The Morgan fingerprint density at radius 1 is 1.41 bits per heavy atom. The van der Waals surface area contributed by atoms with Crippen molar-refractivity contribution in [1.82, 2.24) is 19.1 Å². The first kappa shape index (κ1) is 12.0. The highest BCUT2D eigenvalue weighted by molar-refractivity contribution is 7.09. The fourth-order valence-electron chi connectivity index (χ4n) is 1.34. The summed E-state index contributed by atoms with van der Waals surface area (Å²) in [6.07, 6.45) is 3.83. The van der Waals surface area contributed by atoms with E-state index < -0.39 is 0 Å². The molecule has 2 aromatic rings. The molecule has 0 aliphatic rings. The third-order valence-electron chi connectivity index (χ3n) is 2.30. The molecule has 0 fully saturated rings. The molecule has 6 heteroatoms. The van der Waals surface area contributed by atoms with E-state index in [1.165, 1.54) is 11.5 Å². The number of aromatic nitrogens is 4. The van der Waals surface area contributed by atoms with Crippen LogP contribution in [0.5, 0.6) is 0 Å². The van der Waals surface area contributed by atoms with E-state index >= 15 is 0 Å². The zero-order chi connectivity index (χ0) is 12.5. The Kier molecular flexibility index (Phi) is 3.15. The summed E-state index contributed by atoms with van der Waals surface area (Å²) in [5.41, 5.74) is 1.14. The van der Waals surface area contributed by atoms with E-state index in [1.54, 1.807) is 4.68 Å². The monoisotopic (exact) mass is 251 g/mol. The molecule has 0 aromatic carbocycles. The lowest BCUT2D eigenvalue weighted by Crippen LogP contribution is -2.13. The Morgan fingerprint density at radius 3 is 2.71 bits per heavy atom. The molecule has 0 aliphatic carbocycles. The number of hydrogen-bond donors (Lipinski definition) is 1. The highest BCUT2D eigenvalue weighted by atomic mass is 32.1. The first-order chi connectivity index (χ1) is 7.95. The van der Waals surface area contributed by atoms with E-state index in [2.05, 4.69) is 40.5 Å². The molecule has 0 aliphatic heterocycles. The molecule has 0 unspecified atom stereocenters. The van der Waals surface area contributed by atoms with Gasteiger partial charge in [-0.05, 0) is 0 Å². The number of hydrogen-bond acceptors (Lipinski definition) is 5. The maximum absolute atomic E-state index is 4.47. The smallest absolute Gasteiger partial charge is 0.202 e. The van der Waals surface area contributed by atoms with Gasteiger partial charge in [0, 0.05) is 42.3 Å². The van der Waals surface area contributed by atoms with E-state index in [0.717, 1.165) is 23.1 Å². The highest BCUT2D eigenvalue weighted by Crippen LogP contribution is 2.23. The Bertz CT molecular complexity index is 494. The van der Waals surface area contributed by atoms with Crippen LogP contribution >= 0.6 is 11.5 Å². The van der Waals surface area contributed by atoms with Crippen LogP contribution in [0.25, 0.3) is 0 Å². The van der Waals surface area contributed by atoms with Crippen LogP contribution in [-0.2, 0) is 19.0 Å². The van der Waals surface area contributed by atoms with Gasteiger partial charge in [0.25, 0.3) is 0 Å². The molecular formula is C11H17N5S. The third kappa shape index (κ3) is 3.03. The van der Waals surface area contributed by atoms with E-state index in [-0.39, 0.29) is 5.41 Å². The van der Waals surface area contributed by atoms with Gasteiger partial charge < -0.3 is 5.32 Å². The van der Waals surface area contributed by atoms with Crippen molar-refractivity contribution in [2.75, 3.05) is 5.32 Å². The van der Waals surface area contributed by atoms with E-state index in [9.17, 15) is 0 Å². The molecule has 1 N–H and O–H groups in total. The normalized spacial score (nSPS) is 11.8. The van der Waals surface area contributed by atoms with Gasteiger partial charge in [-0.3, -0.25) is 4.68 Å². The number of nitrogens with zero attached hydrogens (tertiary/aromatic N) is 4. The van der Waals surface area contributed by atoms with Gasteiger partial charge in [0.2, 0.25) is 5.13 Å². The molecule has 0 bridgehead atoms. The Morgan fingerprint density at radius 2 is 2.18 bits per heavy atom. The van der Waals surface area contributed by atoms with Gasteiger partial charge in [-0.25, -0.2) is 4.98 Å². The summed E-state index contributed by atoms with van der Waals surface area (Å²) in [7, 11) is 1.91. The summed E-state index contributed by atoms with van der Waals surface area (Å²) in [6.45, 7) is 7.06. The molecule has 2 rings (SSSR count). The van der Waals surface area contributed by atoms with Crippen molar-refractivity contribution in [2.45, 2.75) is 32.7 Å². The molecule has 0 amide bonds. The molecule has 2 aromatic heterocycles. The number of nitrogens with one attached hydrogen (secondary N) is 1. The van der Waals surface area contributed by atoms with Crippen LogP contribution in [0.4, 0.5) is 5.13 Å². The highest BCUT2D eigenvalue weighted by Gasteiger charge is 2.19. The number of anilines is 1. The minimum Gasteiger partial charge on any atom is -0.356 e. The summed E-state index contributed by atoms with van der Waals surface area (Å²) in [6, 6.07) is 0. The lowest BCUT2D eigenvalue weighted by Gasteiger charge is -2.12. The van der Waals surface area contributed by atoms with Gasteiger partial charge in [0.15, 0.2) is 0 Å². The van der Waals surface area contributed by atoms with Gasteiger partial charge in [0.05, 0.1) is 6.20 Å². The Labute approximate surface area is 105 Å². The van der Waals surface area contributed by atoms with Crippen molar-refractivity contribution >= 4 is 16.7 Å². The van der Waals surface area contributed by atoms with Crippen molar-refractivity contribution in [3.8, 4) is 0 Å². The fourth-order valence-corrected chi connectivity index (χ4v) is 2.09. The summed E-state index contributed by atoms with van der Waals surface area (Å²) in [5.74, 6) is 0.885. The fraction of sp³-hybridized carbons (Fsp3) is 0.545. The largest absolute Gasteiger partial charge is 0.356 e. The van der Waals surface area contributed by atoms with Crippen LogP contribution in [-0.4, -0.2) is 19.1 Å². The van der Waals surface area contributed by atoms with Gasteiger partial charge >= 0.3 is 0 Å². The van der Waals surface area contributed by atoms with E-state index in [4.69, 9.17) is 0 Å². The molecular weight excluding hydrogens is 234 g/mol. The van der Waals surface area contributed by atoms with Crippen LogP contribution in [0.15, 0.2) is 12.4 Å². The van der Waals surface area contributed by atoms with Gasteiger partial charge in [-0.15, -0.1) is 0 Å². The minimum atomic E-state index is 0.00469. The topological polar surface area (TPSA) is 55.6 Å². The quantitative estimate of drug-likeness (QED) is 0.908. The Hall–Kier alpha value is -1.43. The van der Waals surface area contributed by atoms with Gasteiger partial charge in [-0.2, -0.15) is 9.47 Å². The third-order valence-corrected chi connectivity index (χ3v) is 2.97. The van der Waals surface area contributed by atoms with Crippen LogP contribution in [0, 0.1) is 0 Å². The molecule has 2 heterocycles.